The molecule has 1 N–H and O–H groups in total. The normalized spacial score (nSPS) is 18.1. The number of methoxy groups -OCH3 is 1. The van der Waals surface area contributed by atoms with Gasteiger partial charge in [-0.1, -0.05) is 25.5 Å². The van der Waals surface area contributed by atoms with Crippen molar-refractivity contribution in [2.75, 3.05) is 13.7 Å². The minimum atomic E-state index is 0.427. The van der Waals surface area contributed by atoms with Crippen LogP contribution in [0.2, 0.25) is 0 Å². The van der Waals surface area contributed by atoms with Crippen LogP contribution < -0.4 is 10.1 Å². The van der Waals surface area contributed by atoms with Gasteiger partial charge in [0, 0.05) is 17.3 Å². The summed E-state index contributed by atoms with van der Waals surface area (Å²) in [5.74, 6) is 0.868. The van der Waals surface area contributed by atoms with E-state index in [9.17, 15) is 0 Å². The molecule has 0 radical (unpaired) electrons. The molecule has 1 aliphatic carbocycles. The summed E-state index contributed by atoms with van der Waals surface area (Å²) in [4.78, 5) is 0. The lowest BCUT2D eigenvalue weighted by Crippen LogP contribution is -2.20. The topological polar surface area (TPSA) is 39.1 Å². The molecule has 2 aromatic rings. The fourth-order valence-corrected chi connectivity index (χ4v) is 3.19. The molecule has 1 aromatic heterocycles. The van der Waals surface area contributed by atoms with E-state index >= 15 is 0 Å². The van der Waals surface area contributed by atoms with E-state index in [1.54, 1.807) is 7.11 Å². The highest BCUT2D eigenvalue weighted by atomic mass is 16.5. The second-order valence-electron chi connectivity index (χ2n) is 5.49. The molecular weight excluding hydrogens is 262 g/mol. The molecule has 1 aliphatic rings. The number of nitrogens with zero attached hydrogens (tertiary/aromatic N) is 2. The Bertz CT molecular complexity index is 606. The third kappa shape index (κ3) is 2.68. The zero-order valence-electron chi connectivity index (χ0n) is 12.8. The van der Waals surface area contributed by atoms with Crippen LogP contribution in [0.4, 0.5) is 0 Å². The first-order valence-electron chi connectivity index (χ1n) is 7.78. The largest absolute Gasteiger partial charge is 0.494 e. The van der Waals surface area contributed by atoms with Crippen molar-refractivity contribution in [1.29, 1.82) is 0 Å². The first kappa shape index (κ1) is 14.1. The van der Waals surface area contributed by atoms with Gasteiger partial charge in [-0.3, -0.25) is 0 Å². The van der Waals surface area contributed by atoms with E-state index in [1.807, 2.05) is 24.4 Å². The summed E-state index contributed by atoms with van der Waals surface area (Å²) < 4.78 is 7.55. The average molecular weight is 285 g/mol. The third-order valence-corrected chi connectivity index (χ3v) is 4.20. The van der Waals surface area contributed by atoms with Crippen LogP contribution in [0, 0.1) is 0 Å². The van der Waals surface area contributed by atoms with Crippen LogP contribution in [0.5, 0.6) is 5.75 Å². The van der Waals surface area contributed by atoms with Crippen LogP contribution in [-0.2, 0) is 6.42 Å². The molecule has 1 atom stereocenters. The number of rotatable bonds is 4. The molecule has 0 aliphatic heterocycles. The molecule has 1 unspecified atom stereocenters. The molecule has 3 rings (SSSR count). The number of hydrogen-bond acceptors (Lipinski definition) is 3. The Hall–Kier alpha value is -1.81. The average Bonchev–Trinajstić information content (AvgIpc) is 2.84. The second-order valence-corrected chi connectivity index (χ2v) is 5.49. The van der Waals surface area contributed by atoms with Crippen LogP contribution in [0.25, 0.3) is 5.69 Å². The third-order valence-electron chi connectivity index (χ3n) is 4.20. The van der Waals surface area contributed by atoms with Crippen LogP contribution >= 0.6 is 0 Å². The first-order chi connectivity index (χ1) is 10.3. The fraction of sp³-hybridized carbons (Fsp3) is 0.471. The Labute approximate surface area is 126 Å². The Morgan fingerprint density at radius 3 is 3.00 bits per heavy atom. The maximum atomic E-state index is 5.49. The maximum Gasteiger partial charge on any atom is 0.144 e. The lowest BCUT2D eigenvalue weighted by Gasteiger charge is -2.16. The van der Waals surface area contributed by atoms with E-state index in [0.717, 1.165) is 24.4 Å². The minimum absolute atomic E-state index is 0.427. The molecule has 0 saturated heterocycles. The van der Waals surface area contributed by atoms with Crippen molar-refractivity contribution in [1.82, 2.24) is 15.1 Å². The van der Waals surface area contributed by atoms with Gasteiger partial charge >= 0.3 is 0 Å². The summed E-state index contributed by atoms with van der Waals surface area (Å²) in [7, 11) is 1.71. The number of hydrogen-bond donors (Lipinski definition) is 1. The lowest BCUT2D eigenvalue weighted by molar-refractivity contribution is 0.411. The molecule has 4 nitrogen and oxygen atoms in total. The summed E-state index contributed by atoms with van der Waals surface area (Å²) >= 11 is 0. The monoisotopic (exact) mass is 285 g/mol. The van der Waals surface area contributed by atoms with Gasteiger partial charge in [0.2, 0.25) is 0 Å². The molecule has 112 valence electrons. The zero-order chi connectivity index (χ0) is 14.7. The van der Waals surface area contributed by atoms with Gasteiger partial charge in [-0.05, 0) is 37.9 Å². The van der Waals surface area contributed by atoms with E-state index in [1.165, 1.54) is 30.5 Å². The molecule has 0 spiro atoms. The van der Waals surface area contributed by atoms with Gasteiger partial charge in [-0.25, -0.2) is 4.68 Å². The van der Waals surface area contributed by atoms with Gasteiger partial charge in [0.05, 0.1) is 13.3 Å². The van der Waals surface area contributed by atoms with Gasteiger partial charge < -0.3 is 10.1 Å². The van der Waals surface area contributed by atoms with Crippen LogP contribution in [0.15, 0.2) is 30.5 Å². The first-order valence-corrected chi connectivity index (χ1v) is 7.78. The second kappa shape index (κ2) is 6.31. The van der Waals surface area contributed by atoms with Crippen molar-refractivity contribution in [3.05, 3.63) is 41.7 Å². The van der Waals surface area contributed by atoms with E-state index in [-0.39, 0.29) is 0 Å². The van der Waals surface area contributed by atoms with E-state index < -0.39 is 0 Å². The Balaban J connectivity index is 2.05. The van der Waals surface area contributed by atoms with Gasteiger partial charge in [-0.15, -0.1) is 0 Å². The molecule has 1 aromatic carbocycles. The minimum Gasteiger partial charge on any atom is -0.494 e. The predicted molar refractivity (Wildman–Crippen MR) is 84.1 cm³/mol. The fourth-order valence-electron chi connectivity index (χ4n) is 3.19. The van der Waals surface area contributed by atoms with Crippen molar-refractivity contribution in [2.24, 2.45) is 0 Å². The van der Waals surface area contributed by atoms with Crippen molar-refractivity contribution in [2.45, 2.75) is 38.6 Å². The molecule has 0 saturated carbocycles. The van der Waals surface area contributed by atoms with Crippen molar-refractivity contribution < 1.29 is 4.74 Å². The molecule has 0 fully saturated rings. The lowest BCUT2D eigenvalue weighted by atomic mass is 10.1. The smallest absolute Gasteiger partial charge is 0.144 e. The number of benzene rings is 1. The summed E-state index contributed by atoms with van der Waals surface area (Å²) in [5, 5.41) is 8.24. The zero-order valence-corrected chi connectivity index (χ0v) is 12.8. The standard InChI is InChI=1S/C17H23N3O/c1-3-18-14-8-4-5-9-15-13(14)12-19-20(15)16-10-6-7-11-17(16)21-2/h6-7,10-12,14,18H,3-5,8-9H2,1-2H3. The number of nitrogens with one attached hydrogen (secondary N) is 1. The highest BCUT2D eigenvalue weighted by Crippen LogP contribution is 2.32. The van der Waals surface area contributed by atoms with Crippen LogP contribution in [0.3, 0.4) is 0 Å². The highest BCUT2D eigenvalue weighted by Gasteiger charge is 2.23. The van der Waals surface area contributed by atoms with Gasteiger partial charge in [0.15, 0.2) is 0 Å². The molecule has 21 heavy (non-hydrogen) atoms. The van der Waals surface area contributed by atoms with Crippen LogP contribution in [-0.4, -0.2) is 23.4 Å². The number of ether oxygens (including phenoxy) is 1. The molecule has 0 bridgehead atoms. The summed E-state index contributed by atoms with van der Waals surface area (Å²) in [6.45, 7) is 3.15. The number of para-hydroxylation sites is 2. The maximum absolute atomic E-state index is 5.49. The quantitative estimate of drug-likeness (QED) is 0.876. The van der Waals surface area contributed by atoms with E-state index in [0.29, 0.717) is 6.04 Å². The summed E-state index contributed by atoms with van der Waals surface area (Å²) in [5.41, 5.74) is 3.70. The molecule has 4 heteroatoms. The van der Waals surface area contributed by atoms with Gasteiger partial charge in [0.25, 0.3) is 0 Å². The molecule has 0 amide bonds. The van der Waals surface area contributed by atoms with Crippen molar-refractivity contribution >= 4 is 0 Å². The van der Waals surface area contributed by atoms with Gasteiger partial charge in [-0.2, -0.15) is 5.10 Å². The Morgan fingerprint density at radius 2 is 2.19 bits per heavy atom. The van der Waals surface area contributed by atoms with Crippen molar-refractivity contribution in [3.8, 4) is 11.4 Å². The van der Waals surface area contributed by atoms with E-state index in [2.05, 4.69) is 28.1 Å². The number of fused-ring (bicyclic) bond motifs is 1. The highest BCUT2D eigenvalue weighted by molar-refractivity contribution is 5.48. The predicted octanol–water partition coefficient (Wildman–Crippen LogP) is 3.26. The van der Waals surface area contributed by atoms with Gasteiger partial charge in [0.1, 0.15) is 11.4 Å². The van der Waals surface area contributed by atoms with Crippen LogP contribution in [0.1, 0.15) is 43.5 Å². The Kier molecular flexibility index (Phi) is 4.25. The summed E-state index contributed by atoms with van der Waals surface area (Å²) in [6, 6.07) is 8.51. The van der Waals surface area contributed by atoms with Crippen molar-refractivity contribution in [3.63, 3.8) is 0 Å². The Morgan fingerprint density at radius 1 is 1.33 bits per heavy atom. The SMILES string of the molecule is CCNC1CCCCc2c1cnn2-c1ccccc1OC. The van der Waals surface area contributed by atoms with E-state index in [4.69, 9.17) is 4.74 Å². The number of aromatic nitrogens is 2. The molecule has 1 heterocycles. The summed E-state index contributed by atoms with van der Waals surface area (Å²) in [6.07, 6.45) is 6.78. The molecular formula is C17H23N3O.